The van der Waals surface area contributed by atoms with Gasteiger partial charge in [-0.25, -0.2) is 9.18 Å². The number of hydrogen-bond donors (Lipinski definition) is 0. The van der Waals surface area contributed by atoms with Crippen molar-refractivity contribution in [3.8, 4) is 0 Å². The van der Waals surface area contributed by atoms with Gasteiger partial charge >= 0.3 is 11.5 Å². The van der Waals surface area contributed by atoms with Gasteiger partial charge in [0.1, 0.15) is 5.82 Å². The third-order valence-corrected chi connectivity index (χ3v) is 3.25. The molecule has 0 heterocycles. The van der Waals surface area contributed by atoms with E-state index in [1.807, 2.05) is 0 Å². The summed E-state index contributed by atoms with van der Waals surface area (Å²) in [5.74, 6) is -1.52. The zero-order chi connectivity index (χ0) is 14.6. The van der Waals surface area contributed by atoms with Crippen molar-refractivity contribution in [1.82, 2.24) is 0 Å². The minimum atomic E-state index is -4.56. The number of hydrogen-bond acceptors (Lipinski definition) is 3. The maximum Gasteiger partial charge on any atom is 0.442 e. The maximum atomic E-state index is 12.8. The van der Waals surface area contributed by atoms with Crippen molar-refractivity contribution in [1.29, 1.82) is 0 Å². The quantitative estimate of drug-likeness (QED) is 0.479. The van der Waals surface area contributed by atoms with Crippen LogP contribution >= 0.6 is 11.8 Å². The summed E-state index contributed by atoms with van der Waals surface area (Å²) in [6, 6.07) is 4.38. The van der Waals surface area contributed by atoms with Gasteiger partial charge in [0.25, 0.3) is 0 Å². The third-order valence-electron chi connectivity index (χ3n) is 2.19. The van der Waals surface area contributed by atoms with Crippen molar-refractivity contribution in [2.24, 2.45) is 0 Å². The SMILES string of the molecule is C=C(C(=O)OC)C(SC(F)(F)F)c1ccc(F)cc1. The first-order valence-corrected chi connectivity index (χ1v) is 5.89. The molecule has 0 aliphatic carbocycles. The molecule has 0 N–H and O–H groups in total. The van der Waals surface area contributed by atoms with Gasteiger partial charge in [-0.15, -0.1) is 0 Å². The molecule has 1 atom stereocenters. The van der Waals surface area contributed by atoms with Crippen molar-refractivity contribution < 1.29 is 27.1 Å². The molecule has 0 bridgehead atoms. The molecular formula is C12H10F4O2S. The van der Waals surface area contributed by atoms with Crippen LogP contribution in [0.5, 0.6) is 0 Å². The number of thioether (sulfide) groups is 1. The molecule has 1 unspecified atom stereocenters. The van der Waals surface area contributed by atoms with Crippen LogP contribution in [0, 0.1) is 5.82 Å². The summed E-state index contributed by atoms with van der Waals surface area (Å²) in [7, 11) is 1.05. The largest absolute Gasteiger partial charge is 0.466 e. The first-order chi connectivity index (χ1) is 8.74. The Hall–Kier alpha value is -1.50. The number of halogens is 4. The van der Waals surface area contributed by atoms with E-state index in [-0.39, 0.29) is 11.1 Å². The van der Waals surface area contributed by atoms with E-state index >= 15 is 0 Å². The zero-order valence-electron chi connectivity index (χ0n) is 9.83. The topological polar surface area (TPSA) is 26.3 Å². The number of carbonyl (C=O) groups excluding carboxylic acids is 1. The lowest BCUT2D eigenvalue weighted by atomic mass is 10.1. The van der Waals surface area contributed by atoms with E-state index in [4.69, 9.17) is 0 Å². The number of methoxy groups -OCH3 is 1. The van der Waals surface area contributed by atoms with Crippen molar-refractivity contribution in [2.75, 3.05) is 7.11 Å². The third kappa shape index (κ3) is 4.59. The van der Waals surface area contributed by atoms with Crippen LogP contribution in [-0.4, -0.2) is 18.6 Å². The summed E-state index contributed by atoms with van der Waals surface area (Å²) in [6.45, 7) is 3.32. The number of rotatable bonds is 4. The Bertz CT molecular complexity index is 468. The molecule has 2 nitrogen and oxygen atoms in total. The zero-order valence-corrected chi connectivity index (χ0v) is 10.6. The molecular weight excluding hydrogens is 284 g/mol. The lowest BCUT2D eigenvalue weighted by molar-refractivity contribution is -0.136. The van der Waals surface area contributed by atoms with Crippen LogP contribution in [0.4, 0.5) is 17.6 Å². The van der Waals surface area contributed by atoms with E-state index in [9.17, 15) is 22.4 Å². The van der Waals surface area contributed by atoms with Crippen LogP contribution < -0.4 is 0 Å². The Labute approximate surface area is 111 Å². The highest BCUT2D eigenvalue weighted by molar-refractivity contribution is 8.00. The van der Waals surface area contributed by atoms with Gasteiger partial charge in [0.05, 0.1) is 12.4 Å². The molecule has 0 aliphatic rings. The van der Waals surface area contributed by atoms with Gasteiger partial charge in [0, 0.05) is 5.57 Å². The fourth-order valence-corrected chi connectivity index (χ4v) is 2.15. The predicted molar refractivity (Wildman–Crippen MR) is 63.9 cm³/mol. The Balaban J connectivity index is 3.08. The minimum absolute atomic E-state index is 0.124. The van der Waals surface area contributed by atoms with Gasteiger partial charge in [-0.2, -0.15) is 13.2 Å². The minimum Gasteiger partial charge on any atom is -0.466 e. The number of ether oxygens (including phenoxy) is 1. The van der Waals surface area contributed by atoms with Gasteiger partial charge in [-0.05, 0) is 29.5 Å². The Morgan fingerprint density at radius 3 is 2.26 bits per heavy atom. The highest BCUT2D eigenvalue weighted by Crippen LogP contribution is 2.45. The van der Waals surface area contributed by atoms with Crippen molar-refractivity contribution in [3.63, 3.8) is 0 Å². The maximum absolute atomic E-state index is 12.8. The second-order valence-corrected chi connectivity index (χ2v) is 4.68. The summed E-state index contributed by atoms with van der Waals surface area (Å²) < 4.78 is 54.6. The molecule has 0 saturated heterocycles. The van der Waals surface area contributed by atoms with Gasteiger partial charge in [0.15, 0.2) is 0 Å². The molecule has 19 heavy (non-hydrogen) atoms. The molecule has 0 amide bonds. The molecule has 0 radical (unpaired) electrons. The van der Waals surface area contributed by atoms with E-state index in [0.29, 0.717) is 0 Å². The molecule has 0 aromatic heterocycles. The van der Waals surface area contributed by atoms with Crippen LogP contribution in [0.1, 0.15) is 10.8 Å². The summed E-state index contributed by atoms with van der Waals surface area (Å²) >= 11 is -0.410. The molecule has 1 aromatic rings. The van der Waals surface area contributed by atoms with Crippen LogP contribution in [0.2, 0.25) is 0 Å². The molecule has 0 aliphatic heterocycles. The Kier molecular flexibility index (Phi) is 4.99. The van der Waals surface area contributed by atoms with Crippen LogP contribution in [0.25, 0.3) is 0 Å². The lowest BCUT2D eigenvalue weighted by Crippen LogP contribution is -2.14. The summed E-state index contributed by atoms with van der Waals surface area (Å²) in [4.78, 5) is 11.3. The number of benzene rings is 1. The van der Waals surface area contributed by atoms with E-state index in [1.54, 1.807) is 0 Å². The second-order valence-electron chi connectivity index (χ2n) is 3.51. The highest BCUT2D eigenvalue weighted by atomic mass is 32.2. The van der Waals surface area contributed by atoms with E-state index < -0.39 is 34.3 Å². The number of alkyl halides is 3. The predicted octanol–water partition coefficient (Wildman–Crippen LogP) is 3.85. The van der Waals surface area contributed by atoms with E-state index in [1.165, 1.54) is 12.1 Å². The normalized spacial score (nSPS) is 12.9. The smallest absolute Gasteiger partial charge is 0.442 e. The van der Waals surface area contributed by atoms with Crippen LogP contribution in [0.3, 0.4) is 0 Å². The molecule has 0 saturated carbocycles. The average Bonchev–Trinajstić information content (AvgIpc) is 2.34. The summed E-state index contributed by atoms with van der Waals surface area (Å²) in [5.41, 5.74) is -4.79. The first kappa shape index (κ1) is 15.6. The average molecular weight is 294 g/mol. The van der Waals surface area contributed by atoms with Crippen LogP contribution in [0.15, 0.2) is 36.4 Å². The van der Waals surface area contributed by atoms with Crippen LogP contribution in [-0.2, 0) is 9.53 Å². The van der Waals surface area contributed by atoms with E-state index in [2.05, 4.69) is 11.3 Å². The van der Waals surface area contributed by atoms with E-state index in [0.717, 1.165) is 19.2 Å². The highest BCUT2D eigenvalue weighted by Gasteiger charge is 2.36. The fourth-order valence-electron chi connectivity index (χ4n) is 1.35. The molecule has 7 heteroatoms. The Morgan fingerprint density at radius 2 is 1.84 bits per heavy atom. The first-order valence-electron chi connectivity index (χ1n) is 5.01. The standard InChI is InChI=1S/C12H10F4O2S/c1-7(11(17)18-2)10(19-12(14,15)16)8-3-5-9(13)6-4-8/h3-6,10H,1H2,2H3. The molecule has 1 aromatic carbocycles. The van der Waals surface area contributed by atoms with Crippen molar-refractivity contribution in [3.05, 3.63) is 47.8 Å². The Morgan fingerprint density at radius 1 is 1.32 bits per heavy atom. The fraction of sp³-hybridized carbons (Fsp3) is 0.250. The number of carbonyl (C=O) groups is 1. The summed E-state index contributed by atoms with van der Waals surface area (Å²) in [5, 5.41) is -1.37. The van der Waals surface area contributed by atoms with Crippen molar-refractivity contribution in [2.45, 2.75) is 10.8 Å². The summed E-state index contributed by atoms with van der Waals surface area (Å²) in [6.07, 6.45) is 0. The molecule has 0 fully saturated rings. The van der Waals surface area contributed by atoms with Gasteiger partial charge < -0.3 is 4.74 Å². The number of esters is 1. The molecule has 0 spiro atoms. The van der Waals surface area contributed by atoms with Gasteiger partial charge in [-0.3, -0.25) is 0 Å². The molecule has 1 rings (SSSR count). The lowest BCUT2D eigenvalue weighted by Gasteiger charge is -2.19. The van der Waals surface area contributed by atoms with Gasteiger partial charge in [0.2, 0.25) is 0 Å². The molecule has 104 valence electrons. The monoisotopic (exact) mass is 294 g/mol. The van der Waals surface area contributed by atoms with Gasteiger partial charge in [-0.1, -0.05) is 18.7 Å². The van der Waals surface area contributed by atoms with Crippen molar-refractivity contribution >= 4 is 17.7 Å². The second kappa shape index (κ2) is 6.10.